The maximum absolute atomic E-state index is 11.3. The highest BCUT2D eigenvalue weighted by Gasteiger charge is 2.36. The highest BCUT2D eigenvalue weighted by Crippen LogP contribution is 2.29. The Morgan fingerprint density at radius 2 is 2.05 bits per heavy atom. The number of hydrogen-bond acceptors (Lipinski definition) is 4. The molecule has 0 aliphatic carbocycles. The number of ether oxygens (including phenoxy) is 1. The summed E-state index contributed by atoms with van der Waals surface area (Å²) in [6.45, 7) is 1.49. The minimum Gasteiger partial charge on any atom is -0.497 e. The molecule has 0 spiro atoms. The number of methoxy groups -OCH3 is 1. The van der Waals surface area contributed by atoms with Crippen molar-refractivity contribution in [3.63, 3.8) is 0 Å². The lowest BCUT2D eigenvalue weighted by molar-refractivity contribution is -0.525. The quantitative estimate of drug-likeness (QED) is 0.623. The van der Waals surface area contributed by atoms with E-state index in [-0.39, 0.29) is 23.3 Å². The zero-order valence-corrected chi connectivity index (χ0v) is 11.4. The van der Waals surface area contributed by atoms with Crippen molar-refractivity contribution in [1.29, 1.82) is 0 Å². The smallest absolute Gasteiger partial charge is 0.241 e. The number of carbonyl (C=O) groups excluding carboxylic acids is 1. The second-order valence-corrected chi connectivity index (χ2v) is 4.66. The van der Waals surface area contributed by atoms with Crippen LogP contribution in [0.2, 0.25) is 0 Å². The number of benzene rings is 1. The Balaban J connectivity index is 2.30. The molecule has 1 aliphatic heterocycles. The topological polar surface area (TPSA) is 72.7 Å². The summed E-state index contributed by atoms with van der Waals surface area (Å²) in [4.78, 5) is 23.6. The van der Waals surface area contributed by atoms with Crippen LogP contribution < -0.4 is 4.74 Å². The van der Waals surface area contributed by atoms with Gasteiger partial charge in [-0.3, -0.25) is 14.9 Å². The Hall–Kier alpha value is -2.37. The van der Waals surface area contributed by atoms with E-state index >= 15 is 0 Å². The Kier molecular flexibility index (Phi) is 4.02. The third kappa shape index (κ3) is 2.79. The molecule has 6 nitrogen and oxygen atoms in total. The van der Waals surface area contributed by atoms with Gasteiger partial charge in [0.25, 0.3) is 0 Å². The molecule has 0 aromatic heterocycles. The van der Waals surface area contributed by atoms with Crippen LogP contribution in [0.1, 0.15) is 18.4 Å². The van der Waals surface area contributed by atoms with Gasteiger partial charge in [0.2, 0.25) is 11.9 Å². The molecule has 1 heterocycles. The Labute approximate surface area is 116 Å². The van der Waals surface area contributed by atoms with Gasteiger partial charge in [-0.1, -0.05) is 18.2 Å². The summed E-state index contributed by atoms with van der Waals surface area (Å²) < 4.78 is 5.07. The van der Waals surface area contributed by atoms with Gasteiger partial charge in [-0.05, 0) is 17.7 Å². The molecule has 0 N–H and O–H groups in total. The molecule has 0 fully saturated rings. The summed E-state index contributed by atoms with van der Waals surface area (Å²) in [5, 5.41) is 11.2. The monoisotopic (exact) mass is 276 g/mol. The van der Waals surface area contributed by atoms with Crippen molar-refractivity contribution in [3.8, 4) is 5.75 Å². The molecule has 0 saturated carbocycles. The summed E-state index contributed by atoms with van der Waals surface area (Å²) in [7, 11) is 1.57. The van der Waals surface area contributed by atoms with Crippen molar-refractivity contribution in [1.82, 2.24) is 4.90 Å². The molecule has 2 atom stereocenters. The molecule has 1 aromatic rings. The molecule has 0 unspecified atom stereocenters. The summed E-state index contributed by atoms with van der Waals surface area (Å²) in [6.07, 6.45) is 3.33. The van der Waals surface area contributed by atoms with Crippen LogP contribution >= 0.6 is 0 Å². The van der Waals surface area contributed by atoms with Gasteiger partial charge < -0.3 is 9.64 Å². The number of carbonyl (C=O) groups is 1. The summed E-state index contributed by atoms with van der Waals surface area (Å²) in [5.74, 6) is 0.171. The molecule has 106 valence electrons. The second-order valence-electron chi connectivity index (χ2n) is 4.66. The van der Waals surface area contributed by atoms with Gasteiger partial charge >= 0.3 is 0 Å². The fourth-order valence-electron chi connectivity index (χ4n) is 2.29. The minimum atomic E-state index is -0.836. The molecule has 20 heavy (non-hydrogen) atoms. The van der Waals surface area contributed by atoms with E-state index in [9.17, 15) is 14.9 Å². The summed E-state index contributed by atoms with van der Waals surface area (Å²) >= 11 is 0. The predicted octanol–water partition coefficient (Wildman–Crippen LogP) is 1.80. The number of amides is 1. The van der Waals surface area contributed by atoms with E-state index in [1.807, 2.05) is 12.1 Å². The normalized spacial score (nSPS) is 21.6. The molecular formula is C14H16N2O4. The molecule has 1 amide bonds. The largest absolute Gasteiger partial charge is 0.497 e. The fourth-order valence-corrected chi connectivity index (χ4v) is 2.29. The van der Waals surface area contributed by atoms with Gasteiger partial charge in [-0.2, -0.15) is 0 Å². The average molecular weight is 276 g/mol. The van der Waals surface area contributed by atoms with Crippen LogP contribution in [0.4, 0.5) is 0 Å². The first-order valence-corrected chi connectivity index (χ1v) is 6.26. The zero-order chi connectivity index (χ0) is 14.7. The van der Waals surface area contributed by atoms with Crippen molar-refractivity contribution in [2.45, 2.75) is 18.9 Å². The van der Waals surface area contributed by atoms with Gasteiger partial charge in [0.1, 0.15) is 5.75 Å². The summed E-state index contributed by atoms with van der Waals surface area (Å²) in [5.41, 5.74) is 0.840. The minimum absolute atomic E-state index is 0.0928. The zero-order valence-electron chi connectivity index (χ0n) is 11.4. The van der Waals surface area contributed by atoms with E-state index in [1.165, 1.54) is 11.8 Å². The van der Waals surface area contributed by atoms with Crippen LogP contribution in [0.3, 0.4) is 0 Å². The molecule has 1 aliphatic rings. The van der Waals surface area contributed by atoms with E-state index in [0.717, 1.165) is 5.56 Å². The average Bonchev–Trinajstić information content (AvgIpc) is 2.46. The van der Waals surface area contributed by atoms with Crippen LogP contribution in [0.25, 0.3) is 0 Å². The Bertz CT molecular complexity index is 539. The van der Waals surface area contributed by atoms with Crippen LogP contribution in [-0.4, -0.2) is 35.4 Å². The van der Waals surface area contributed by atoms with Crippen molar-refractivity contribution in [2.24, 2.45) is 0 Å². The van der Waals surface area contributed by atoms with Crippen LogP contribution in [0, 0.1) is 10.1 Å². The number of rotatable bonds is 3. The molecule has 1 aromatic carbocycles. The highest BCUT2D eigenvalue weighted by atomic mass is 16.6. The molecular weight excluding hydrogens is 260 g/mol. The van der Waals surface area contributed by atoms with E-state index in [2.05, 4.69) is 0 Å². The van der Waals surface area contributed by atoms with Gasteiger partial charge in [0.05, 0.1) is 19.6 Å². The lowest BCUT2D eigenvalue weighted by atomic mass is 9.89. The van der Waals surface area contributed by atoms with Crippen molar-refractivity contribution in [3.05, 3.63) is 52.2 Å². The fraction of sp³-hybridized carbons (Fsp3) is 0.357. The molecule has 0 saturated heterocycles. The molecule has 2 rings (SSSR count). The van der Waals surface area contributed by atoms with E-state index < -0.39 is 6.04 Å². The van der Waals surface area contributed by atoms with Crippen molar-refractivity contribution >= 4 is 5.91 Å². The predicted molar refractivity (Wildman–Crippen MR) is 73.0 cm³/mol. The van der Waals surface area contributed by atoms with E-state index in [1.54, 1.807) is 31.5 Å². The first-order chi connectivity index (χ1) is 9.52. The second kappa shape index (κ2) is 5.73. The maximum Gasteiger partial charge on any atom is 0.241 e. The standard InChI is InChI=1S/C14H16N2O4/c1-10(17)15-8-7-13(14(9-15)16(18)19)11-3-5-12(20-2)6-4-11/h3-8,13-14H,9H2,1-2H3/t13-,14+/m0/s1. The lowest BCUT2D eigenvalue weighted by Gasteiger charge is -2.28. The number of nitrogens with zero attached hydrogens (tertiary/aromatic N) is 2. The molecule has 6 heteroatoms. The van der Waals surface area contributed by atoms with Crippen molar-refractivity contribution in [2.75, 3.05) is 13.7 Å². The SMILES string of the molecule is COc1ccc([C@@H]2C=CN(C(C)=O)C[C@H]2[N+](=O)[O-])cc1. The third-order valence-electron chi connectivity index (χ3n) is 3.45. The number of hydrogen-bond donors (Lipinski definition) is 0. The highest BCUT2D eigenvalue weighted by molar-refractivity contribution is 5.74. The lowest BCUT2D eigenvalue weighted by Crippen LogP contribution is -2.42. The first kappa shape index (κ1) is 14.0. The number of nitro groups is 1. The van der Waals surface area contributed by atoms with Gasteiger partial charge in [0.15, 0.2) is 0 Å². The van der Waals surface area contributed by atoms with Crippen LogP contribution in [0.15, 0.2) is 36.5 Å². The Morgan fingerprint density at radius 3 is 2.55 bits per heavy atom. The van der Waals surface area contributed by atoms with Gasteiger partial charge in [-0.15, -0.1) is 0 Å². The summed E-state index contributed by atoms with van der Waals surface area (Å²) in [6, 6.07) is 6.34. The van der Waals surface area contributed by atoms with Crippen LogP contribution in [0.5, 0.6) is 5.75 Å². The third-order valence-corrected chi connectivity index (χ3v) is 3.45. The van der Waals surface area contributed by atoms with Crippen LogP contribution in [-0.2, 0) is 4.79 Å². The first-order valence-electron chi connectivity index (χ1n) is 6.26. The van der Waals surface area contributed by atoms with Crippen molar-refractivity contribution < 1.29 is 14.5 Å². The maximum atomic E-state index is 11.3. The van der Waals surface area contributed by atoms with Gasteiger partial charge in [0, 0.05) is 18.0 Å². The van der Waals surface area contributed by atoms with Gasteiger partial charge in [-0.25, -0.2) is 0 Å². The Morgan fingerprint density at radius 1 is 1.40 bits per heavy atom. The molecule has 0 bridgehead atoms. The van der Waals surface area contributed by atoms with E-state index in [0.29, 0.717) is 5.75 Å². The molecule has 0 radical (unpaired) electrons. The van der Waals surface area contributed by atoms with E-state index in [4.69, 9.17) is 4.74 Å².